The molecular formula is C18H19N3O4S. The lowest BCUT2D eigenvalue weighted by Gasteiger charge is -2.10. The summed E-state index contributed by atoms with van der Waals surface area (Å²) >= 11 is 0. The van der Waals surface area contributed by atoms with Crippen molar-refractivity contribution in [1.82, 2.24) is 10.3 Å². The van der Waals surface area contributed by atoms with E-state index in [4.69, 9.17) is 10.00 Å². The number of hydrogen-bond acceptors (Lipinski definition) is 5. The third-order valence-electron chi connectivity index (χ3n) is 3.46. The third kappa shape index (κ3) is 5.31. The highest BCUT2D eigenvalue weighted by Crippen LogP contribution is 2.16. The van der Waals surface area contributed by atoms with Gasteiger partial charge in [-0.25, -0.2) is 8.42 Å². The van der Waals surface area contributed by atoms with Crippen molar-refractivity contribution in [2.24, 2.45) is 0 Å². The number of nitrogens with one attached hydrogen (secondary N) is 2. The lowest BCUT2D eigenvalue weighted by molar-refractivity contribution is -0.123. The number of ether oxygens (including phenoxy) is 1. The van der Waals surface area contributed by atoms with Gasteiger partial charge in [0.05, 0.1) is 10.5 Å². The Balaban J connectivity index is 1.90. The molecule has 0 atom stereocenters. The summed E-state index contributed by atoms with van der Waals surface area (Å²) in [6.07, 6.45) is 1.83. The Morgan fingerprint density at radius 3 is 2.50 bits per heavy atom. The number of hydrogen-bond donors (Lipinski definition) is 2. The van der Waals surface area contributed by atoms with Crippen molar-refractivity contribution in [2.75, 3.05) is 6.61 Å². The Hall–Kier alpha value is -2.89. The normalized spacial score (nSPS) is 10.8. The molecule has 0 aliphatic carbocycles. The highest BCUT2D eigenvalue weighted by atomic mass is 32.2. The van der Waals surface area contributed by atoms with Gasteiger partial charge in [-0.1, -0.05) is 37.6 Å². The molecule has 26 heavy (non-hydrogen) atoms. The maximum absolute atomic E-state index is 12.2. The standard InChI is InChI=1S/C18H19N3O4S/c1-2-5-14-8-10-16(11-9-14)26(23,24)21-20-18(22)13-25-17-7-4-3-6-15(17)12-19/h3-4,6-11,21H,2,5,13H2,1H3,(H,20,22). The zero-order valence-electron chi connectivity index (χ0n) is 14.2. The van der Waals surface area contributed by atoms with Crippen LogP contribution in [0.2, 0.25) is 0 Å². The molecule has 0 fully saturated rings. The van der Waals surface area contributed by atoms with Crippen LogP contribution in [0.5, 0.6) is 5.75 Å². The average molecular weight is 373 g/mol. The van der Waals surface area contributed by atoms with Gasteiger partial charge in [0.25, 0.3) is 15.9 Å². The fraction of sp³-hybridized carbons (Fsp3) is 0.222. The molecule has 0 saturated heterocycles. The molecule has 8 heteroatoms. The van der Waals surface area contributed by atoms with E-state index in [2.05, 4.69) is 5.43 Å². The van der Waals surface area contributed by atoms with Gasteiger partial charge in [-0.2, -0.15) is 5.26 Å². The van der Waals surface area contributed by atoms with E-state index in [1.807, 2.05) is 17.8 Å². The molecule has 2 aromatic rings. The number of carbonyl (C=O) groups is 1. The van der Waals surface area contributed by atoms with Crippen LogP contribution in [0, 0.1) is 11.3 Å². The molecule has 7 nitrogen and oxygen atoms in total. The minimum Gasteiger partial charge on any atom is -0.482 e. The fourth-order valence-electron chi connectivity index (χ4n) is 2.17. The second-order valence-electron chi connectivity index (χ2n) is 5.44. The second kappa shape index (κ2) is 8.99. The van der Waals surface area contributed by atoms with E-state index in [9.17, 15) is 13.2 Å². The average Bonchev–Trinajstić information content (AvgIpc) is 2.65. The van der Waals surface area contributed by atoms with Gasteiger partial charge in [-0.3, -0.25) is 10.2 Å². The first-order chi connectivity index (χ1) is 12.5. The van der Waals surface area contributed by atoms with Crippen molar-refractivity contribution in [1.29, 1.82) is 5.26 Å². The molecule has 0 unspecified atom stereocenters. The number of nitrogens with zero attached hydrogens (tertiary/aromatic N) is 1. The summed E-state index contributed by atoms with van der Waals surface area (Å²) in [7, 11) is -3.87. The number of nitriles is 1. The van der Waals surface area contributed by atoms with Crippen LogP contribution in [0.4, 0.5) is 0 Å². The summed E-state index contributed by atoms with van der Waals surface area (Å²) in [5.41, 5.74) is 3.41. The number of sulfonamides is 1. The summed E-state index contributed by atoms with van der Waals surface area (Å²) in [5.74, 6) is -0.441. The monoisotopic (exact) mass is 373 g/mol. The molecule has 1 amide bonds. The van der Waals surface area contributed by atoms with Crippen LogP contribution in [-0.2, 0) is 21.2 Å². The molecule has 0 aromatic heterocycles. The minimum atomic E-state index is -3.87. The maximum atomic E-state index is 12.2. The Morgan fingerprint density at radius 2 is 1.85 bits per heavy atom. The lowest BCUT2D eigenvalue weighted by Crippen LogP contribution is -2.43. The van der Waals surface area contributed by atoms with Gasteiger partial charge in [-0.15, -0.1) is 4.83 Å². The van der Waals surface area contributed by atoms with E-state index in [0.29, 0.717) is 0 Å². The quantitative estimate of drug-likeness (QED) is 0.687. The van der Waals surface area contributed by atoms with Gasteiger partial charge in [0.15, 0.2) is 6.61 Å². The zero-order valence-corrected chi connectivity index (χ0v) is 15.0. The summed E-state index contributed by atoms with van der Waals surface area (Å²) in [6.45, 7) is 1.61. The van der Waals surface area contributed by atoms with Crippen LogP contribution in [0.15, 0.2) is 53.4 Å². The van der Waals surface area contributed by atoms with E-state index < -0.39 is 22.5 Å². The molecule has 2 aromatic carbocycles. The predicted molar refractivity (Wildman–Crippen MR) is 95.6 cm³/mol. The fourth-order valence-corrected chi connectivity index (χ4v) is 3.03. The molecule has 2 rings (SSSR count). The van der Waals surface area contributed by atoms with Gasteiger partial charge < -0.3 is 4.74 Å². The minimum absolute atomic E-state index is 0.0494. The van der Waals surface area contributed by atoms with Crippen LogP contribution in [-0.4, -0.2) is 20.9 Å². The Bertz CT molecular complexity index is 903. The molecule has 0 radical (unpaired) electrons. The molecule has 0 aliphatic heterocycles. The van der Waals surface area contributed by atoms with Crippen LogP contribution >= 0.6 is 0 Å². The molecule has 0 heterocycles. The first-order valence-electron chi connectivity index (χ1n) is 7.98. The second-order valence-corrected chi connectivity index (χ2v) is 7.13. The number of rotatable bonds is 8. The van der Waals surface area contributed by atoms with E-state index >= 15 is 0 Å². The summed E-state index contributed by atoms with van der Waals surface area (Å²) in [4.78, 5) is 13.9. The molecule has 136 valence electrons. The van der Waals surface area contributed by atoms with Crippen LogP contribution in [0.1, 0.15) is 24.5 Å². The molecule has 0 aliphatic rings. The van der Waals surface area contributed by atoms with E-state index in [1.54, 1.807) is 36.4 Å². The number of aryl methyl sites for hydroxylation is 1. The predicted octanol–water partition coefficient (Wildman–Crippen LogP) is 1.90. The van der Waals surface area contributed by atoms with Crippen molar-refractivity contribution in [3.63, 3.8) is 0 Å². The van der Waals surface area contributed by atoms with Crippen LogP contribution in [0.3, 0.4) is 0 Å². The first-order valence-corrected chi connectivity index (χ1v) is 9.46. The van der Waals surface area contributed by atoms with Crippen molar-refractivity contribution < 1.29 is 17.9 Å². The molecule has 0 saturated carbocycles. The van der Waals surface area contributed by atoms with Gasteiger partial charge in [0.2, 0.25) is 0 Å². The summed E-state index contributed by atoms with van der Waals surface area (Å²) in [6, 6.07) is 14.8. The molecule has 0 spiro atoms. The number of amides is 1. The van der Waals surface area contributed by atoms with Crippen molar-refractivity contribution in [2.45, 2.75) is 24.7 Å². The smallest absolute Gasteiger partial charge is 0.272 e. The topological polar surface area (TPSA) is 108 Å². The maximum Gasteiger partial charge on any atom is 0.272 e. The number of para-hydroxylation sites is 1. The largest absolute Gasteiger partial charge is 0.482 e. The van der Waals surface area contributed by atoms with Crippen molar-refractivity contribution in [3.05, 3.63) is 59.7 Å². The lowest BCUT2D eigenvalue weighted by atomic mass is 10.1. The highest BCUT2D eigenvalue weighted by molar-refractivity contribution is 7.89. The molecule has 0 bridgehead atoms. The van der Waals surface area contributed by atoms with Gasteiger partial charge >= 0.3 is 0 Å². The summed E-state index contributed by atoms with van der Waals surface area (Å²) < 4.78 is 29.6. The Kier molecular flexibility index (Phi) is 6.72. The highest BCUT2D eigenvalue weighted by Gasteiger charge is 2.15. The SMILES string of the molecule is CCCc1ccc(S(=O)(=O)NNC(=O)COc2ccccc2C#N)cc1. The first kappa shape index (κ1) is 19.4. The Morgan fingerprint density at radius 1 is 1.15 bits per heavy atom. The molecule has 2 N–H and O–H groups in total. The van der Waals surface area contributed by atoms with Gasteiger partial charge in [0, 0.05) is 0 Å². The van der Waals surface area contributed by atoms with E-state index in [-0.39, 0.29) is 16.2 Å². The number of benzene rings is 2. The van der Waals surface area contributed by atoms with Gasteiger partial charge in [-0.05, 0) is 36.2 Å². The number of carbonyl (C=O) groups excluding carboxylic acids is 1. The van der Waals surface area contributed by atoms with Crippen molar-refractivity contribution in [3.8, 4) is 11.8 Å². The van der Waals surface area contributed by atoms with Gasteiger partial charge in [0.1, 0.15) is 11.8 Å². The van der Waals surface area contributed by atoms with Crippen molar-refractivity contribution >= 4 is 15.9 Å². The molecular weight excluding hydrogens is 354 g/mol. The number of hydrazine groups is 1. The third-order valence-corrected chi connectivity index (χ3v) is 4.73. The van der Waals surface area contributed by atoms with Crippen LogP contribution < -0.4 is 15.0 Å². The van der Waals surface area contributed by atoms with E-state index in [0.717, 1.165) is 18.4 Å². The summed E-state index contributed by atoms with van der Waals surface area (Å²) in [5, 5.41) is 8.95. The van der Waals surface area contributed by atoms with E-state index in [1.165, 1.54) is 12.1 Å². The zero-order chi connectivity index (χ0) is 19.0. The Labute approximate surface area is 152 Å². The van der Waals surface area contributed by atoms with Crippen LogP contribution in [0.25, 0.3) is 0 Å².